The molecule has 1 aromatic rings. The maximum Gasteiger partial charge on any atom is 0.281 e. The van der Waals surface area contributed by atoms with Crippen molar-refractivity contribution >= 4 is 35.7 Å². The molecule has 1 aromatic heterocycles. The van der Waals surface area contributed by atoms with E-state index in [0.29, 0.717) is 0 Å². The van der Waals surface area contributed by atoms with Crippen molar-refractivity contribution in [1.82, 2.24) is 4.98 Å². The highest BCUT2D eigenvalue weighted by molar-refractivity contribution is 9.10. The van der Waals surface area contributed by atoms with E-state index in [1.54, 1.807) is 0 Å². The highest BCUT2D eigenvalue weighted by Gasteiger charge is 2.28. The minimum Gasteiger partial charge on any atom is -0.495 e. The quantitative estimate of drug-likeness (QED) is 0.629. The second kappa shape index (κ2) is 4.80. The smallest absolute Gasteiger partial charge is 0.281 e. The molecular formula is C7H5BrClF2NO3S. The molecule has 0 saturated heterocycles. The zero-order chi connectivity index (χ0) is 12.5. The van der Waals surface area contributed by atoms with Crippen molar-refractivity contribution in [3.63, 3.8) is 0 Å². The van der Waals surface area contributed by atoms with Gasteiger partial charge in [-0.15, -0.1) is 0 Å². The molecule has 4 nitrogen and oxygen atoms in total. The highest BCUT2D eigenvalue weighted by Crippen LogP contribution is 2.36. The second-order valence-corrected chi connectivity index (χ2v) is 5.92. The van der Waals surface area contributed by atoms with Gasteiger partial charge in [-0.3, -0.25) is 0 Å². The predicted molar refractivity (Wildman–Crippen MR) is 56.5 cm³/mol. The maximum atomic E-state index is 12.6. The Labute approximate surface area is 103 Å². The van der Waals surface area contributed by atoms with Crippen LogP contribution in [0.4, 0.5) is 8.78 Å². The van der Waals surface area contributed by atoms with Crippen molar-refractivity contribution in [3.8, 4) is 5.75 Å². The van der Waals surface area contributed by atoms with E-state index in [1.165, 1.54) is 0 Å². The van der Waals surface area contributed by atoms with Crippen LogP contribution in [0.25, 0.3) is 0 Å². The Morgan fingerprint density at radius 2 is 2.12 bits per heavy atom. The molecule has 1 heterocycles. The normalized spacial score (nSPS) is 11.9. The number of rotatable bonds is 3. The molecule has 0 aliphatic heterocycles. The minimum absolute atomic E-state index is 0.0312. The molecule has 90 valence electrons. The van der Waals surface area contributed by atoms with Crippen LogP contribution < -0.4 is 4.74 Å². The van der Waals surface area contributed by atoms with E-state index in [9.17, 15) is 17.2 Å². The highest BCUT2D eigenvalue weighted by atomic mass is 79.9. The lowest BCUT2D eigenvalue weighted by atomic mass is 10.3. The van der Waals surface area contributed by atoms with Crippen molar-refractivity contribution in [2.45, 2.75) is 11.3 Å². The Bertz CT molecular complexity index is 509. The van der Waals surface area contributed by atoms with E-state index in [-0.39, 0.29) is 10.4 Å². The van der Waals surface area contributed by atoms with Crippen LogP contribution in [0, 0.1) is 0 Å². The van der Waals surface area contributed by atoms with Crippen LogP contribution in [-0.2, 0) is 9.05 Å². The van der Waals surface area contributed by atoms with Gasteiger partial charge in [-0.25, -0.2) is 22.2 Å². The summed E-state index contributed by atoms with van der Waals surface area (Å²) in [6.07, 6.45) is -3.07. The number of halogens is 4. The molecule has 0 fully saturated rings. The van der Waals surface area contributed by atoms with Gasteiger partial charge in [0.15, 0.2) is 4.90 Å². The van der Waals surface area contributed by atoms with E-state index in [0.717, 1.165) is 13.2 Å². The first-order valence-corrected chi connectivity index (χ1v) is 6.85. The minimum atomic E-state index is -4.35. The van der Waals surface area contributed by atoms with Gasteiger partial charge in [0.05, 0.1) is 7.11 Å². The molecule has 0 aliphatic carbocycles. The molecule has 0 bridgehead atoms. The van der Waals surface area contributed by atoms with Gasteiger partial charge in [0.25, 0.3) is 15.5 Å². The summed E-state index contributed by atoms with van der Waals surface area (Å²) < 4.78 is 52.2. The summed E-state index contributed by atoms with van der Waals surface area (Å²) in [6.45, 7) is 0. The number of aromatic nitrogens is 1. The largest absolute Gasteiger partial charge is 0.495 e. The van der Waals surface area contributed by atoms with E-state index in [4.69, 9.17) is 10.7 Å². The molecule has 16 heavy (non-hydrogen) atoms. The number of methoxy groups -OCH3 is 1. The van der Waals surface area contributed by atoms with Gasteiger partial charge >= 0.3 is 0 Å². The summed E-state index contributed by atoms with van der Waals surface area (Å²) in [6, 6.07) is 1.14. The van der Waals surface area contributed by atoms with Gasteiger partial charge in [0, 0.05) is 16.7 Å². The van der Waals surface area contributed by atoms with E-state index < -0.39 is 26.1 Å². The fourth-order valence-electron chi connectivity index (χ4n) is 1.04. The Morgan fingerprint density at radius 1 is 1.56 bits per heavy atom. The molecule has 0 amide bonds. The first-order chi connectivity index (χ1) is 7.27. The number of pyridine rings is 1. The van der Waals surface area contributed by atoms with Crippen molar-refractivity contribution in [3.05, 3.63) is 16.4 Å². The van der Waals surface area contributed by atoms with Gasteiger partial charge < -0.3 is 4.74 Å². The first kappa shape index (κ1) is 13.6. The van der Waals surface area contributed by atoms with Crippen LogP contribution in [0.2, 0.25) is 0 Å². The van der Waals surface area contributed by atoms with Crippen molar-refractivity contribution in [1.29, 1.82) is 0 Å². The Hall–Kier alpha value is -0.470. The lowest BCUT2D eigenvalue weighted by Crippen LogP contribution is -2.05. The summed E-state index contributed by atoms with van der Waals surface area (Å²) in [5, 5.41) is 0. The zero-order valence-electron chi connectivity index (χ0n) is 7.75. The van der Waals surface area contributed by atoms with Gasteiger partial charge in [-0.05, 0) is 15.9 Å². The van der Waals surface area contributed by atoms with E-state index in [2.05, 4.69) is 25.7 Å². The zero-order valence-corrected chi connectivity index (χ0v) is 10.9. The lowest BCUT2D eigenvalue weighted by Gasteiger charge is -2.10. The van der Waals surface area contributed by atoms with Gasteiger partial charge in [-0.2, -0.15) is 0 Å². The maximum absolute atomic E-state index is 12.6. The third-order valence-electron chi connectivity index (χ3n) is 1.60. The van der Waals surface area contributed by atoms with Crippen LogP contribution in [0.15, 0.2) is 15.6 Å². The number of hydrogen-bond acceptors (Lipinski definition) is 4. The van der Waals surface area contributed by atoms with Crippen LogP contribution in [-0.4, -0.2) is 20.5 Å². The average molecular weight is 337 g/mol. The van der Waals surface area contributed by atoms with Crippen molar-refractivity contribution < 1.29 is 21.9 Å². The summed E-state index contributed by atoms with van der Waals surface area (Å²) in [5.41, 5.74) is -0.943. The molecule has 0 aromatic carbocycles. The second-order valence-electron chi connectivity index (χ2n) is 2.60. The SMILES string of the molecule is COc1cc(Br)nc(C(F)F)c1S(=O)(=O)Cl. The summed E-state index contributed by atoms with van der Waals surface area (Å²) in [5.74, 6) is -0.285. The number of ether oxygens (including phenoxy) is 1. The number of alkyl halides is 2. The molecule has 0 spiro atoms. The number of nitrogens with zero attached hydrogens (tertiary/aromatic N) is 1. The molecule has 0 N–H and O–H groups in total. The van der Waals surface area contributed by atoms with Crippen molar-refractivity contribution in [2.75, 3.05) is 7.11 Å². The monoisotopic (exact) mass is 335 g/mol. The Balaban J connectivity index is 3.65. The topological polar surface area (TPSA) is 56.3 Å². The molecule has 9 heteroatoms. The van der Waals surface area contributed by atoms with Gasteiger partial charge in [0.2, 0.25) is 0 Å². The summed E-state index contributed by atoms with van der Waals surface area (Å²) in [7, 11) is 1.83. The predicted octanol–water partition coefficient (Wildman–Crippen LogP) is 2.72. The van der Waals surface area contributed by atoms with E-state index in [1.807, 2.05) is 0 Å². The van der Waals surface area contributed by atoms with Crippen LogP contribution in [0.3, 0.4) is 0 Å². The summed E-state index contributed by atoms with van der Waals surface area (Å²) >= 11 is 2.86. The fourth-order valence-corrected chi connectivity index (χ4v) is 2.67. The average Bonchev–Trinajstić information content (AvgIpc) is 2.14. The fraction of sp³-hybridized carbons (Fsp3) is 0.286. The standard InChI is InChI=1S/C7H5BrClF2NO3S/c1-15-3-2-4(8)12-5(7(10)11)6(3)16(9,13)14/h2,7H,1H3. The lowest BCUT2D eigenvalue weighted by molar-refractivity contribution is 0.141. The molecule has 1 rings (SSSR count). The van der Waals surface area contributed by atoms with Crippen LogP contribution >= 0.6 is 26.6 Å². The summed E-state index contributed by atoms with van der Waals surface area (Å²) in [4.78, 5) is 2.56. The molecule has 0 saturated carbocycles. The molecule has 0 aliphatic rings. The van der Waals surface area contributed by atoms with Crippen molar-refractivity contribution in [2.24, 2.45) is 0 Å². The number of hydrogen-bond donors (Lipinski definition) is 0. The third-order valence-corrected chi connectivity index (χ3v) is 3.37. The molecule has 0 unspecified atom stereocenters. The molecule has 0 atom stereocenters. The van der Waals surface area contributed by atoms with E-state index >= 15 is 0 Å². The molecule has 0 radical (unpaired) electrons. The Kier molecular flexibility index (Phi) is 4.08. The first-order valence-electron chi connectivity index (χ1n) is 3.74. The third kappa shape index (κ3) is 2.80. The molecular weight excluding hydrogens is 332 g/mol. The van der Waals surface area contributed by atoms with Crippen LogP contribution in [0.1, 0.15) is 12.1 Å². The van der Waals surface area contributed by atoms with Gasteiger partial charge in [-0.1, -0.05) is 0 Å². The Morgan fingerprint density at radius 3 is 2.50 bits per heavy atom. The van der Waals surface area contributed by atoms with Crippen LogP contribution in [0.5, 0.6) is 5.75 Å². The van der Waals surface area contributed by atoms with Gasteiger partial charge in [0.1, 0.15) is 16.0 Å².